The van der Waals surface area contributed by atoms with Gasteiger partial charge in [-0.25, -0.2) is 14.5 Å². The van der Waals surface area contributed by atoms with Crippen molar-refractivity contribution in [2.45, 2.75) is 53.6 Å². The van der Waals surface area contributed by atoms with Crippen molar-refractivity contribution in [1.29, 1.82) is 0 Å². The molecule has 128 valence electrons. The number of carbonyl (C=O) groups is 2. The second kappa shape index (κ2) is 8.75. The fraction of sp³-hybridized carbons (Fsp3) is 0.733. The Hall–Kier alpha value is -1.60. The zero-order valence-corrected chi connectivity index (χ0v) is 14.3. The Morgan fingerprint density at radius 3 is 2.23 bits per heavy atom. The highest BCUT2D eigenvalue weighted by Crippen LogP contribution is 2.29. The molecule has 0 rings (SSSR count). The van der Waals surface area contributed by atoms with Crippen molar-refractivity contribution in [2.75, 3.05) is 13.2 Å². The van der Waals surface area contributed by atoms with Crippen LogP contribution < -0.4 is 5.32 Å². The molecule has 7 heteroatoms. The number of carbonyl (C=O) groups excluding carboxylic acids is 2. The van der Waals surface area contributed by atoms with Gasteiger partial charge in [-0.15, -0.1) is 0 Å². The van der Waals surface area contributed by atoms with Gasteiger partial charge in [-0.2, -0.15) is 4.89 Å². The first-order valence-corrected chi connectivity index (χ1v) is 7.06. The van der Waals surface area contributed by atoms with Gasteiger partial charge in [0.15, 0.2) is 0 Å². The molecule has 0 atom stereocenters. The molecule has 0 saturated heterocycles. The lowest BCUT2D eigenvalue weighted by atomic mass is 9.84. The van der Waals surface area contributed by atoms with Crippen LogP contribution in [0.4, 0.5) is 4.79 Å². The van der Waals surface area contributed by atoms with Crippen molar-refractivity contribution in [3.05, 3.63) is 12.2 Å². The van der Waals surface area contributed by atoms with Crippen molar-refractivity contribution < 1.29 is 29.1 Å². The van der Waals surface area contributed by atoms with E-state index in [-0.39, 0.29) is 18.6 Å². The van der Waals surface area contributed by atoms with E-state index < -0.39 is 17.7 Å². The van der Waals surface area contributed by atoms with Crippen LogP contribution in [0.15, 0.2) is 12.2 Å². The summed E-state index contributed by atoms with van der Waals surface area (Å²) in [6.45, 7) is 14.9. The molecule has 22 heavy (non-hydrogen) atoms. The highest BCUT2D eigenvalue weighted by atomic mass is 17.5. The summed E-state index contributed by atoms with van der Waals surface area (Å²) in [5, 5.41) is 6.83. The molecule has 0 aromatic rings. The van der Waals surface area contributed by atoms with E-state index >= 15 is 0 Å². The zero-order chi connectivity index (χ0) is 17.4. The average Bonchev–Trinajstić information content (AvgIpc) is 2.30. The third-order valence-corrected chi connectivity index (χ3v) is 2.28. The van der Waals surface area contributed by atoms with Crippen molar-refractivity contribution >= 4 is 12.1 Å². The molecule has 0 fully saturated rings. The van der Waals surface area contributed by atoms with Crippen molar-refractivity contribution in [3.63, 3.8) is 0 Å². The number of hydrogen-bond acceptors (Lipinski definition) is 6. The van der Waals surface area contributed by atoms with Crippen LogP contribution in [0, 0.1) is 5.41 Å². The van der Waals surface area contributed by atoms with Crippen molar-refractivity contribution in [2.24, 2.45) is 5.41 Å². The van der Waals surface area contributed by atoms with Gasteiger partial charge in [0.2, 0.25) is 0 Å². The summed E-state index contributed by atoms with van der Waals surface area (Å²) in [4.78, 5) is 31.9. The van der Waals surface area contributed by atoms with Gasteiger partial charge in [0.1, 0.15) is 12.2 Å². The van der Waals surface area contributed by atoms with Crippen LogP contribution in [0.1, 0.15) is 48.0 Å². The van der Waals surface area contributed by atoms with Crippen LogP contribution in [-0.2, 0) is 24.3 Å². The van der Waals surface area contributed by atoms with Gasteiger partial charge in [0, 0.05) is 5.57 Å². The maximum absolute atomic E-state index is 11.3. The van der Waals surface area contributed by atoms with Gasteiger partial charge in [0.05, 0.1) is 6.54 Å². The molecule has 0 bridgehead atoms. The highest BCUT2D eigenvalue weighted by Gasteiger charge is 2.28. The van der Waals surface area contributed by atoms with Crippen LogP contribution >= 0.6 is 0 Å². The molecule has 0 radical (unpaired) electrons. The molecule has 0 saturated carbocycles. The van der Waals surface area contributed by atoms with Crippen molar-refractivity contribution in [1.82, 2.24) is 5.32 Å². The Morgan fingerprint density at radius 2 is 1.73 bits per heavy atom. The SMILES string of the molecule is C=C(C)C(=O)OCCNC(=O)OOOC(C)(C)CC(C)(C)C. The number of hydrogen-bond donors (Lipinski definition) is 1. The Morgan fingerprint density at radius 1 is 1.14 bits per heavy atom. The van der Waals surface area contributed by atoms with E-state index in [2.05, 4.69) is 42.6 Å². The van der Waals surface area contributed by atoms with E-state index in [9.17, 15) is 9.59 Å². The van der Waals surface area contributed by atoms with E-state index in [0.717, 1.165) is 0 Å². The summed E-state index contributed by atoms with van der Waals surface area (Å²) >= 11 is 0. The molecule has 0 aliphatic carbocycles. The Bertz CT molecular complexity index is 397. The van der Waals surface area contributed by atoms with Gasteiger partial charge >= 0.3 is 12.1 Å². The molecule has 7 nitrogen and oxygen atoms in total. The monoisotopic (exact) mass is 317 g/mol. The maximum atomic E-state index is 11.3. The molecule has 1 N–H and O–H groups in total. The first-order chi connectivity index (χ1) is 9.93. The minimum atomic E-state index is -0.835. The minimum absolute atomic E-state index is 0.0111. The highest BCUT2D eigenvalue weighted by molar-refractivity contribution is 5.86. The first kappa shape index (κ1) is 20.4. The van der Waals surface area contributed by atoms with Gasteiger partial charge in [-0.1, -0.05) is 27.4 Å². The summed E-state index contributed by atoms with van der Waals surface area (Å²) in [6, 6.07) is 0. The van der Waals surface area contributed by atoms with Crippen LogP contribution in [0.3, 0.4) is 0 Å². The first-order valence-electron chi connectivity index (χ1n) is 7.06. The lowest BCUT2D eigenvalue weighted by molar-refractivity contribution is -0.514. The number of amides is 1. The lowest BCUT2D eigenvalue weighted by Gasteiger charge is -2.29. The molecule has 0 aliphatic heterocycles. The van der Waals surface area contributed by atoms with E-state index in [1.807, 2.05) is 13.8 Å². The van der Waals surface area contributed by atoms with Crippen LogP contribution in [0.25, 0.3) is 0 Å². The largest absolute Gasteiger partial charge is 0.460 e. The number of esters is 1. The van der Waals surface area contributed by atoms with E-state index in [0.29, 0.717) is 12.0 Å². The molecule has 0 unspecified atom stereocenters. The summed E-state index contributed by atoms with van der Waals surface area (Å²) in [5.74, 6) is -0.515. The number of nitrogens with one attached hydrogen (secondary N) is 1. The van der Waals surface area contributed by atoms with Gasteiger partial charge in [0.25, 0.3) is 0 Å². The fourth-order valence-electron chi connectivity index (χ4n) is 1.90. The van der Waals surface area contributed by atoms with Crippen molar-refractivity contribution in [3.8, 4) is 0 Å². The third-order valence-electron chi connectivity index (χ3n) is 2.28. The number of ether oxygens (including phenoxy) is 1. The maximum Gasteiger partial charge on any atom is 0.442 e. The van der Waals surface area contributed by atoms with E-state index in [1.54, 1.807) is 0 Å². The van der Waals surface area contributed by atoms with E-state index in [4.69, 9.17) is 9.62 Å². The van der Waals surface area contributed by atoms with Crippen LogP contribution in [0.5, 0.6) is 0 Å². The van der Waals surface area contributed by atoms with Crippen LogP contribution in [0.2, 0.25) is 0 Å². The fourth-order valence-corrected chi connectivity index (χ4v) is 1.90. The third kappa shape index (κ3) is 11.1. The van der Waals surface area contributed by atoms with Gasteiger partial charge < -0.3 is 10.1 Å². The second-order valence-corrected chi connectivity index (χ2v) is 6.86. The Kier molecular flexibility index (Phi) is 8.11. The molecule has 1 amide bonds. The molecule has 0 aromatic carbocycles. The Balaban J connectivity index is 3.82. The Labute approximate surface area is 131 Å². The quantitative estimate of drug-likeness (QED) is 0.244. The predicted octanol–water partition coefficient (Wildman–Crippen LogP) is 2.91. The normalized spacial score (nSPS) is 11.7. The summed E-state index contributed by atoms with van der Waals surface area (Å²) < 4.78 is 4.79. The zero-order valence-electron chi connectivity index (χ0n) is 14.3. The lowest BCUT2D eigenvalue weighted by Crippen LogP contribution is -2.33. The minimum Gasteiger partial charge on any atom is -0.460 e. The topological polar surface area (TPSA) is 83.1 Å². The summed E-state index contributed by atoms with van der Waals surface area (Å²) in [5.41, 5.74) is -0.266. The second-order valence-electron chi connectivity index (χ2n) is 6.86. The van der Waals surface area contributed by atoms with Gasteiger partial charge in [-0.3, -0.25) is 0 Å². The molecule has 0 aliphatic rings. The standard InChI is InChI=1S/C15H27NO6/c1-11(2)12(17)19-9-8-16-13(18)20-22-21-15(6,7)10-14(3,4)5/h1,8-10H2,2-7H3,(H,16,18). The van der Waals surface area contributed by atoms with Crippen LogP contribution in [-0.4, -0.2) is 30.8 Å². The molecular weight excluding hydrogens is 290 g/mol. The molecule has 0 aromatic heterocycles. The summed E-state index contributed by atoms with van der Waals surface area (Å²) in [7, 11) is 0. The summed E-state index contributed by atoms with van der Waals surface area (Å²) in [6.07, 6.45) is -0.125. The van der Waals surface area contributed by atoms with Gasteiger partial charge in [-0.05, 0) is 37.6 Å². The predicted molar refractivity (Wildman–Crippen MR) is 80.6 cm³/mol. The average molecular weight is 317 g/mol. The number of rotatable bonds is 8. The molecule has 0 spiro atoms. The molecular formula is C15H27NO6. The van der Waals surface area contributed by atoms with E-state index in [1.165, 1.54) is 6.92 Å². The molecule has 0 heterocycles. The smallest absolute Gasteiger partial charge is 0.442 e.